The molecule has 6 heteroatoms. The Morgan fingerprint density at radius 3 is 3.12 bits per heavy atom. The van der Waals surface area contributed by atoms with Crippen LogP contribution < -0.4 is 10.6 Å². The van der Waals surface area contributed by atoms with E-state index in [1.807, 2.05) is 6.92 Å². The number of anilines is 1. The zero-order chi connectivity index (χ0) is 12.3. The predicted molar refractivity (Wildman–Crippen MR) is 66.1 cm³/mol. The molecule has 0 radical (unpaired) electrons. The molecule has 1 unspecified atom stereocenters. The molecule has 1 aromatic heterocycles. The van der Waals surface area contributed by atoms with E-state index in [1.54, 1.807) is 6.07 Å². The molecule has 1 aliphatic rings. The highest BCUT2D eigenvalue weighted by molar-refractivity contribution is 6.29. The van der Waals surface area contributed by atoms with E-state index < -0.39 is 0 Å². The molecule has 1 fully saturated rings. The largest absolute Gasteiger partial charge is 0.313 e. The van der Waals surface area contributed by atoms with Crippen LogP contribution in [0.4, 0.5) is 5.95 Å². The van der Waals surface area contributed by atoms with Crippen molar-refractivity contribution >= 4 is 23.5 Å². The van der Waals surface area contributed by atoms with Crippen LogP contribution in [0, 0.1) is 6.92 Å². The number of nitrogens with one attached hydrogen (secondary N) is 2. The van der Waals surface area contributed by atoms with Gasteiger partial charge in [0.25, 0.3) is 0 Å². The van der Waals surface area contributed by atoms with Gasteiger partial charge < -0.3 is 5.32 Å². The molecular weight excluding hydrogens is 240 g/mol. The number of hydrogen-bond acceptors (Lipinski definition) is 4. The molecule has 92 valence electrons. The third-order valence-electron chi connectivity index (χ3n) is 2.67. The number of aryl methyl sites for hydroxylation is 1. The summed E-state index contributed by atoms with van der Waals surface area (Å²) in [7, 11) is 0. The van der Waals surface area contributed by atoms with Crippen molar-refractivity contribution in [1.29, 1.82) is 0 Å². The van der Waals surface area contributed by atoms with Crippen molar-refractivity contribution in [2.45, 2.75) is 32.2 Å². The van der Waals surface area contributed by atoms with Gasteiger partial charge in [0, 0.05) is 18.2 Å². The number of carbonyl (C=O) groups is 1. The Bertz CT molecular complexity index is 398. The van der Waals surface area contributed by atoms with Gasteiger partial charge in [-0.2, -0.15) is 0 Å². The Labute approximate surface area is 105 Å². The molecule has 2 rings (SSSR count). The van der Waals surface area contributed by atoms with E-state index in [-0.39, 0.29) is 17.9 Å². The van der Waals surface area contributed by atoms with Gasteiger partial charge in [-0.05, 0) is 32.4 Å². The number of hydrogen-bond donors (Lipinski definition) is 2. The lowest BCUT2D eigenvalue weighted by Crippen LogP contribution is -2.28. The minimum atomic E-state index is -0.0777. The second-order valence-electron chi connectivity index (χ2n) is 4.20. The summed E-state index contributed by atoms with van der Waals surface area (Å²) in [4.78, 5) is 19.8. The highest BCUT2D eigenvalue weighted by Crippen LogP contribution is 2.12. The second-order valence-corrected chi connectivity index (χ2v) is 4.59. The first-order chi connectivity index (χ1) is 8.13. The number of carbonyl (C=O) groups excluding carboxylic acids is 1. The van der Waals surface area contributed by atoms with Gasteiger partial charge in [0.05, 0.1) is 0 Å². The fraction of sp³-hybridized carbons (Fsp3) is 0.545. The Balaban J connectivity index is 1.92. The normalized spacial score (nSPS) is 19.3. The van der Waals surface area contributed by atoms with Gasteiger partial charge in [0.2, 0.25) is 11.9 Å². The molecule has 17 heavy (non-hydrogen) atoms. The molecule has 1 saturated heterocycles. The summed E-state index contributed by atoms with van der Waals surface area (Å²) in [5.74, 6) is 0.198. The molecule has 2 N–H and O–H groups in total. The quantitative estimate of drug-likeness (QED) is 0.803. The van der Waals surface area contributed by atoms with Crippen molar-refractivity contribution < 1.29 is 4.79 Å². The fourth-order valence-corrected chi connectivity index (χ4v) is 2.15. The van der Waals surface area contributed by atoms with Crippen molar-refractivity contribution in [2.75, 3.05) is 11.9 Å². The lowest BCUT2D eigenvalue weighted by molar-refractivity contribution is -0.116. The van der Waals surface area contributed by atoms with E-state index in [9.17, 15) is 4.79 Å². The molecule has 1 aliphatic heterocycles. The summed E-state index contributed by atoms with van der Waals surface area (Å²) in [6.07, 6.45) is 2.63. The minimum Gasteiger partial charge on any atom is -0.313 e. The van der Waals surface area contributed by atoms with Gasteiger partial charge in [0.15, 0.2) is 0 Å². The van der Waals surface area contributed by atoms with E-state index in [4.69, 9.17) is 11.6 Å². The molecule has 0 spiro atoms. The Morgan fingerprint density at radius 1 is 1.65 bits per heavy atom. The molecule has 1 aromatic rings. The van der Waals surface area contributed by atoms with Crippen LogP contribution >= 0.6 is 11.6 Å². The van der Waals surface area contributed by atoms with Crippen LogP contribution in [0.15, 0.2) is 6.07 Å². The average Bonchev–Trinajstić information content (AvgIpc) is 2.67. The molecule has 1 atom stereocenters. The first-order valence-electron chi connectivity index (χ1n) is 5.68. The Kier molecular flexibility index (Phi) is 3.91. The van der Waals surface area contributed by atoms with Crippen LogP contribution in [-0.2, 0) is 4.79 Å². The molecule has 0 aromatic carbocycles. The molecule has 1 amide bonds. The summed E-state index contributed by atoms with van der Waals surface area (Å²) in [6.45, 7) is 2.80. The van der Waals surface area contributed by atoms with Gasteiger partial charge in [0.1, 0.15) is 5.15 Å². The molecular formula is C11H15ClN4O. The van der Waals surface area contributed by atoms with Crippen LogP contribution in [0.3, 0.4) is 0 Å². The number of nitrogens with zero attached hydrogens (tertiary/aromatic N) is 2. The maximum Gasteiger partial charge on any atom is 0.231 e. The highest BCUT2D eigenvalue weighted by atomic mass is 35.5. The summed E-state index contributed by atoms with van der Waals surface area (Å²) >= 11 is 5.79. The van der Waals surface area contributed by atoms with E-state index in [0.717, 1.165) is 25.1 Å². The van der Waals surface area contributed by atoms with Gasteiger partial charge in [-0.25, -0.2) is 9.97 Å². The fourth-order valence-electron chi connectivity index (χ4n) is 1.92. The number of halogens is 1. The average molecular weight is 255 g/mol. The van der Waals surface area contributed by atoms with Gasteiger partial charge in [-0.1, -0.05) is 11.6 Å². The third kappa shape index (κ3) is 3.64. The zero-order valence-electron chi connectivity index (χ0n) is 9.66. The Morgan fingerprint density at radius 2 is 2.47 bits per heavy atom. The van der Waals surface area contributed by atoms with Gasteiger partial charge in [-0.15, -0.1) is 0 Å². The van der Waals surface area contributed by atoms with Crippen molar-refractivity contribution in [3.63, 3.8) is 0 Å². The van der Waals surface area contributed by atoms with E-state index in [0.29, 0.717) is 11.6 Å². The standard InChI is InChI=1S/C11H15ClN4O/c1-7-5-9(12)15-11(14-7)16-10(17)6-8-3-2-4-13-8/h5,8,13H,2-4,6H2,1H3,(H,14,15,16,17). The van der Waals surface area contributed by atoms with Gasteiger partial charge in [-0.3, -0.25) is 10.1 Å². The number of amides is 1. The topological polar surface area (TPSA) is 66.9 Å². The Hall–Kier alpha value is -1.20. The van der Waals surface area contributed by atoms with Crippen LogP contribution in [-0.4, -0.2) is 28.5 Å². The van der Waals surface area contributed by atoms with Crippen LogP contribution in [0.1, 0.15) is 25.0 Å². The lowest BCUT2D eigenvalue weighted by Gasteiger charge is -2.09. The molecule has 0 aliphatic carbocycles. The third-order valence-corrected chi connectivity index (χ3v) is 2.86. The molecule has 0 bridgehead atoms. The first kappa shape index (κ1) is 12.3. The zero-order valence-corrected chi connectivity index (χ0v) is 10.4. The monoisotopic (exact) mass is 254 g/mol. The van der Waals surface area contributed by atoms with Crippen molar-refractivity contribution in [3.05, 3.63) is 16.9 Å². The predicted octanol–water partition coefficient (Wildman–Crippen LogP) is 1.52. The maximum absolute atomic E-state index is 11.7. The molecule has 0 saturated carbocycles. The van der Waals surface area contributed by atoms with Gasteiger partial charge >= 0.3 is 0 Å². The van der Waals surface area contributed by atoms with E-state index >= 15 is 0 Å². The molecule has 5 nitrogen and oxygen atoms in total. The second kappa shape index (κ2) is 5.42. The lowest BCUT2D eigenvalue weighted by atomic mass is 10.1. The summed E-state index contributed by atoms with van der Waals surface area (Å²) < 4.78 is 0. The minimum absolute atomic E-state index is 0.0777. The maximum atomic E-state index is 11.7. The molecule has 2 heterocycles. The summed E-state index contributed by atoms with van der Waals surface area (Å²) in [5.41, 5.74) is 0.735. The summed E-state index contributed by atoms with van der Waals surface area (Å²) in [5, 5.41) is 6.27. The number of aromatic nitrogens is 2. The first-order valence-corrected chi connectivity index (χ1v) is 6.06. The number of rotatable bonds is 3. The smallest absolute Gasteiger partial charge is 0.231 e. The van der Waals surface area contributed by atoms with Crippen molar-refractivity contribution in [2.24, 2.45) is 0 Å². The van der Waals surface area contributed by atoms with Crippen LogP contribution in [0.2, 0.25) is 5.15 Å². The van der Waals surface area contributed by atoms with Crippen molar-refractivity contribution in [1.82, 2.24) is 15.3 Å². The van der Waals surface area contributed by atoms with Crippen LogP contribution in [0.5, 0.6) is 0 Å². The SMILES string of the molecule is Cc1cc(Cl)nc(NC(=O)CC2CCCN2)n1. The van der Waals surface area contributed by atoms with Crippen LogP contribution in [0.25, 0.3) is 0 Å². The van der Waals surface area contributed by atoms with E-state index in [1.165, 1.54) is 0 Å². The highest BCUT2D eigenvalue weighted by Gasteiger charge is 2.18. The van der Waals surface area contributed by atoms with E-state index in [2.05, 4.69) is 20.6 Å². The van der Waals surface area contributed by atoms with Crippen molar-refractivity contribution in [3.8, 4) is 0 Å². The summed E-state index contributed by atoms with van der Waals surface area (Å²) in [6, 6.07) is 1.92.